The Morgan fingerprint density at radius 1 is 0.750 bits per heavy atom. The van der Waals surface area contributed by atoms with Gasteiger partial charge < -0.3 is 4.55 Å². The zero-order valence-corrected chi connectivity index (χ0v) is 22.4. The third-order valence-electron chi connectivity index (χ3n) is 7.77. The van der Waals surface area contributed by atoms with Crippen LogP contribution in [0.1, 0.15) is 104 Å². The van der Waals surface area contributed by atoms with E-state index in [9.17, 15) is 13.0 Å². The summed E-state index contributed by atoms with van der Waals surface area (Å²) in [5, 5.41) is -0.601. The maximum absolute atomic E-state index is 11.7. The zero-order valence-electron chi connectivity index (χ0n) is 18.7. The first-order chi connectivity index (χ1) is 12.7. The van der Waals surface area contributed by atoms with E-state index in [2.05, 4.69) is 20.8 Å². The molecule has 0 spiro atoms. The van der Waals surface area contributed by atoms with Crippen molar-refractivity contribution in [3.8, 4) is 0 Å². The summed E-state index contributed by atoms with van der Waals surface area (Å²) in [7, 11) is -4.27. The van der Waals surface area contributed by atoms with Gasteiger partial charge >= 0.3 is 29.6 Å². The molecule has 0 amide bonds. The molecule has 28 heavy (non-hydrogen) atoms. The van der Waals surface area contributed by atoms with Crippen LogP contribution < -0.4 is 29.6 Å². The van der Waals surface area contributed by atoms with Crippen molar-refractivity contribution in [1.82, 2.24) is 0 Å². The smallest absolute Gasteiger partial charge is 0.748 e. The molecule has 0 aromatic heterocycles. The molecule has 3 nitrogen and oxygen atoms in total. The number of hydrogen-bond donors (Lipinski definition) is 0. The Morgan fingerprint density at radius 3 is 1.82 bits per heavy atom. The van der Waals surface area contributed by atoms with Gasteiger partial charge in [-0.2, -0.15) is 0 Å². The standard InChI is InChI=1S/C22H41O3PS.Na/c1-22(2,3)17-12-14-19(15-13-17)26(18-8-5-4-6-9-18)20-10-7-11-21(16-20)27(23,24)25;/h17-21H,4-16H2,1-3H3,(H,23,24,25);/q;+1/p-1. The Hall–Kier alpha value is 1.34. The van der Waals surface area contributed by atoms with E-state index in [4.69, 9.17) is 0 Å². The molecule has 0 aromatic rings. The molecule has 3 atom stereocenters. The molecule has 0 aromatic carbocycles. The van der Waals surface area contributed by atoms with Crippen molar-refractivity contribution in [3.05, 3.63) is 0 Å². The second-order valence-electron chi connectivity index (χ2n) is 10.5. The Balaban J connectivity index is 0.00000280. The third-order valence-corrected chi connectivity index (χ3v) is 13.0. The second-order valence-corrected chi connectivity index (χ2v) is 15.3. The predicted octanol–water partition coefficient (Wildman–Crippen LogP) is 3.27. The van der Waals surface area contributed by atoms with Crippen LogP contribution in [0.3, 0.4) is 0 Å². The molecule has 3 aliphatic carbocycles. The van der Waals surface area contributed by atoms with Crippen LogP contribution in [-0.4, -0.2) is 35.2 Å². The van der Waals surface area contributed by atoms with E-state index < -0.39 is 15.4 Å². The summed E-state index contributed by atoms with van der Waals surface area (Å²) in [6.45, 7) is 7.15. The topological polar surface area (TPSA) is 57.2 Å². The summed E-state index contributed by atoms with van der Waals surface area (Å²) in [5.74, 6) is 0.832. The first kappa shape index (κ1) is 25.6. The van der Waals surface area contributed by atoms with E-state index in [-0.39, 0.29) is 37.5 Å². The first-order valence-corrected chi connectivity index (χ1v) is 14.4. The van der Waals surface area contributed by atoms with E-state index >= 15 is 0 Å². The summed E-state index contributed by atoms with van der Waals surface area (Å²) in [6.07, 6.45) is 15.6. The minimum atomic E-state index is -4.12. The summed E-state index contributed by atoms with van der Waals surface area (Å²) in [5.41, 5.74) is 2.59. The SMILES string of the molecule is CC(C)(C)C1CCC(P(C2CCCCC2)C2CCCC(S(=O)(=O)[O-])C2)CC1.[Na+]. The fourth-order valence-electron chi connectivity index (χ4n) is 6.17. The monoisotopic (exact) mass is 438 g/mol. The maximum Gasteiger partial charge on any atom is 1.00 e. The van der Waals surface area contributed by atoms with Gasteiger partial charge in [-0.05, 0) is 86.1 Å². The van der Waals surface area contributed by atoms with Crippen LogP contribution in [0, 0.1) is 11.3 Å². The summed E-state index contributed by atoms with van der Waals surface area (Å²) >= 11 is 0. The quantitative estimate of drug-likeness (QED) is 0.385. The molecule has 0 heterocycles. The largest absolute Gasteiger partial charge is 1.00 e. The molecule has 0 N–H and O–H groups in total. The molecule has 3 fully saturated rings. The van der Waals surface area contributed by atoms with Crippen molar-refractivity contribution in [3.63, 3.8) is 0 Å². The van der Waals surface area contributed by atoms with Gasteiger partial charge in [-0.1, -0.05) is 54.4 Å². The average molecular weight is 439 g/mol. The average Bonchev–Trinajstić information content (AvgIpc) is 2.62. The minimum absolute atomic E-state index is 0. The van der Waals surface area contributed by atoms with Crippen molar-refractivity contribution in [2.24, 2.45) is 11.3 Å². The fraction of sp³-hybridized carbons (Fsp3) is 1.00. The van der Waals surface area contributed by atoms with Crippen LogP contribution in [0.15, 0.2) is 0 Å². The van der Waals surface area contributed by atoms with E-state index in [0.717, 1.165) is 23.7 Å². The Kier molecular flexibility index (Phi) is 9.85. The molecule has 0 radical (unpaired) electrons. The van der Waals surface area contributed by atoms with E-state index in [0.29, 0.717) is 23.9 Å². The van der Waals surface area contributed by atoms with Crippen LogP contribution in [0.25, 0.3) is 0 Å². The number of hydrogen-bond acceptors (Lipinski definition) is 3. The van der Waals surface area contributed by atoms with E-state index in [1.165, 1.54) is 64.2 Å². The van der Waals surface area contributed by atoms with Gasteiger partial charge in [-0.15, -0.1) is 0 Å². The predicted molar refractivity (Wildman–Crippen MR) is 115 cm³/mol. The van der Waals surface area contributed by atoms with E-state index in [1.54, 1.807) is 0 Å². The molecular weight excluding hydrogens is 398 g/mol. The van der Waals surface area contributed by atoms with Crippen molar-refractivity contribution < 1.29 is 42.5 Å². The van der Waals surface area contributed by atoms with Crippen LogP contribution in [0.5, 0.6) is 0 Å². The van der Waals surface area contributed by atoms with E-state index in [1.807, 2.05) is 0 Å². The molecule has 3 aliphatic rings. The van der Waals surface area contributed by atoms with Crippen LogP contribution in [-0.2, 0) is 10.1 Å². The van der Waals surface area contributed by atoms with Gasteiger partial charge in [0, 0.05) is 0 Å². The van der Waals surface area contributed by atoms with Gasteiger partial charge in [0.05, 0.1) is 15.4 Å². The molecule has 0 saturated heterocycles. The molecule has 3 saturated carbocycles. The molecular formula is C22H40NaO3PS. The van der Waals surface area contributed by atoms with Gasteiger partial charge in [0.25, 0.3) is 0 Å². The molecule has 6 heteroatoms. The van der Waals surface area contributed by atoms with Gasteiger partial charge in [0.15, 0.2) is 0 Å². The molecule has 3 unspecified atom stereocenters. The summed E-state index contributed by atoms with van der Waals surface area (Å²) < 4.78 is 35.1. The first-order valence-electron chi connectivity index (χ1n) is 11.4. The van der Waals surface area contributed by atoms with Crippen LogP contribution in [0.2, 0.25) is 0 Å². The minimum Gasteiger partial charge on any atom is -0.748 e. The summed E-state index contributed by atoms with van der Waals surface area (Å²) in [4.78, 5) is 0. The normalized spacial score (nSPS) is 34.4. The van der Waals surface area contributed by atoms with Crippen molar-refractivity contribution in [2.45, 2.75) is 126 Å². The fourth-order valence-corrected chi connectivity index (χ4v) is 11.9. The van der Waals surface area contributed by atoms with Gasteiger partial charge in [0.2, 0.25) is 0 Å². The van der Waals surface area contributed by atoms with Gasteiger partial charge in [-0.3, -0.25) is 0 Å². The Morgan fingerprint density at radius 2 is 1.29 bits per heavy atom. The van der Waals surface area contributed by atoms with Crippen LogP contribution in [0.4, 0.5) is 0 Å². The van der Waals surface area contributed by atoms with Gasteiger partial charge in [-0.25, -0.2) is 8.42 Å². The molecule has 3 rings (SSSR count). The molecule has 0 bridgehead atoms. The Bertz CT molecular complexity index is 575. The second kappa shape index (κ2) is 10.8. The third kappa shape index (κ3) is 6.67. The van der Waals surface area contributed by atoms with Crippen LogP contribution >= 0.6 is 7.92 Å². The van der Waals surface area contributed by atoms with Gasteiger partial charge in [0.1, 0.15) is 0 Å². The number of rotatable bonds is 4. The molecule has 158 valence electrons. The van der Waals surface area contributed by atoms with Crippen molar-refractivity contribution >= 4 is 18.0 Å². The summed E-state index contributed by atoms with van der Waals surface area (Å²) in [6, 6.07) is 0. The Labute approximate surface area is 197 Å². The van der Waals surface area contributed by atoms with Crippen molar-refractivity contribution in [1.29, 1.82) is 0 Å². The molecule has 0 aliphatic heterocycles. The van der Waals surface area contributed by atoms with Crippen molar-refractivity contribution in [2.75, 3.05) is 0 Å². The maximum atomic E-state index is 11.7. The zero-order chi connectivity index (χ0) is 19.7.